The fourth-order valence-corrected chi connectivity index (χ4v) is 0.926. The molecule has 0 atom stereocenters. The average molecular weight is 166 g/mol. The van der Waals surface area contributed by atoms with Crippen molar-refractivity contribution in [3.8, 4) is 0 Å². The Morgan fingerprint density at radius 1 is 1.20 bits per heavy atom. The molecule has 0 aromatic carbocycles. The van der Waals surface area contributed by atoms with Crippen LogP contribution in [-0.2, 0) is 0 Å². The Morgan fingerprint density at radius 3 is 2.20 bits per heavy atom. The molecule has 1 aliphatic carbocycles. The highest BCUT2D eigenvalue weighted by atomic mass is 35.5. The number of hydrogen-bond acceptors (Lipinski definition) is 1. The summed E-state index contributed by atoms with van der Waals surface area (Å²) in [4.78, 5) is 0. The van der Waals surface area contributed by atoms with Crippen LogP contribution in [0.2, 0.25) is 0 Å². The monoisotopic (exact) mass is 165 g/mol. The molecule has 0 saturated carbocycles. The lowest BCUT2D eigenvalue weighted by Gasteiger charge is -2.09. The van der Waals surface area contributed by atoms with E-state index in [1.807, 2.05) is 0 Å². The van der Waals surface area contributed by atoms with Crippen molar-refractivity contribution >= 4 is 11.6 Å². The molecular formula is C6H6ClF2N. The summed E-state index contributed by atoms with van der Waals surface area (Å²) in [6, 6.07) is 0. The van der Waals surface area contributed by atoms with Gasteiger partial charge in [-0.2, -0.15) is 0 Å². The van der Waals surface area contributed by atoms with E-state index in [-0.39, 0.29) is 23.6 Å². The molecule has 0 spiro atoms. The van der Waals surface area contributed by atoms with E-state index in [9.17, 15) is 8.78 Å². The largest absolute Gasteiger partial charge is 0.395 e. The number of allylic oxidation sites excluding steroid dienone is 3. The van der Waals surface area contributed by atoms with Gasteiger partial charge in [0.15, 0.2) is 0 Å². The van der Waals surface area contributed by atoms with Crippen LogP contribution in [0, 0.1) is 0 Å². The van der Waals surface area contributed by atoms with Gasteiger partial charge < -0.3 is 5.73 Å². The summed E-state index contributed by atoms with van der Waals surface area (Å²) in [5.74, 6) is -1.05. The molecule has 4 heteroatoms. The molecule has 0 bridgehead atoms. The van der Waals surface area contributed by atoms with Gasteiger partial charge in [-0.15, -0.1) is 0 Å². The van der Waals surface area contributed by atoms with Gasteiger partial charge in [-0.1, -0.05) is 11.6 Å². The maximum absolute atomic E-state index is 12.5. The number of hydrogen-bond donors (Lipinski definition) is 1. The topological polar surface area (TPSA) is 26.0 Å². The molecular weight excluding hydrogens is 160 g/mol. The van der Waals surface area contributed by atoms with Crippen LogP contribution in [0.3, 0.4) is 0 Å². The van der Waals surface area contributed by atoms with Crippen molar-refractivity contribution < 1.29 is 8.78 Å². The smallest absolute Gasteiger partial charge is 0.125 e. The van der Waals surface area contributed by atoms with Crippen molar-refractivity contribution in [3.05, 3.63) is 22.4 Å². The lowest BCUT2D eigenvalue weighted by Crippen LogP contribution is -2.06. The fraction of sp³-hybridized carbons (Fsp3) is 0.333. The second kappa shape index (κ2) is 2.58. The predicted octanol–water partition coefficient (Wildman–Crippen LogP) is 2.34. The van der Waals surface area contributed by atoms with Gasteiger partial charge in [0.05, 0.1) is 10.7 Å². The molecule has 10 heavy (non-hydrogen) atoms. The molecule has 1 aliphatic rings. The first-order chi connectivity index (χ1) is 4.63. The molecule has 0 heterocycles. The Hall–Kier alpha value is -0.570. The highest BCUT2D eigenvalue weighted by Crippen LogP contribution is 2.30. The predicted molar refractivity (Wildman–Crippen MR) is 35.5 cm³/mol. The zero-order chi connectivity index (χ0) is 7.72. The second-order valence-corrected chi connectivity index (χ2v) is 2.42. The van der Waals surface area contributed by atoms with Crippen molar-refractivity contribution in [1.82, 2.24) is 0 Å². The molecule has 0 radical (unpaired) electrons. The van der Waals surface area contributed by atoms with Crippen molar-refractivity contribution in [2.45, 2.75) is 12.8 Å². The third-order valence-electron chi connectivity index (χ3n) is 1.33. The minimum atomic E-state index is -0.527. The van der Waals surface area contributed by atoms with Crippen LogP contribution in [0.4, 0.5) is 8.78 Å². The highest BCUT2D eigenvalue weighted by molar-refractivity contribution is 6.32. The minimum Gasteiger partial charge on any atom is -0.395 e. The van der Waals surface area contributed by atoms with Gasteiger partial charge >= 0.3 is 0 Å². The summed E-state index contributed by atoms with van der Waals surface area (Å²) in [5.41, 5.74) is 4.83. The quantitative estimate of drug-likeness (QED) is 0.586. The van der Waals surface area contributed by atoms with E-state index in [4.69, 9.17) is 17.3 Å². The van der Waals surface area contributed by atoms with Gasteiger partial charge in [-0.05, 0) is 0 Å². The summed E-state index contributed by atoms with van der Waals surface area (Å²) in [6.07, 6.45) is 0.0409. The summed E-state index contributed by atoms with van der Waals surface area (Å²) in [5, 5.41) is -0.274. The van der Waals surface area contributed by atoms with Crippen LogP contribution in [0.25, 0.3) is 0 Å². The van der Waals surface area contributed by atoms with Gasteiger partial charge in [0.2, 0.25) is 0 Å². The Morgan fingerprint density at radius 2 is 1.70 bits per heavy atom. The summed E-state index contributed by atoms with van der Waals surface area (Å²) >= 11 is 5.29. The van der Waals surface area contributed by atoms with E-state index in [0.29, 0.717) is 0 Å². The molecule has 0 aromatic heterocycles. The molecule has 0 saturated heterocycles. The summed E-state index contributed by atoms with van der Waals surface area (Å²) < 4.78 is 24.9. The van der Waals surface area contributed by atoms with Crippen molar-refractivity contribution in [1.29, 1.82) is 0 Å². The molecule has 0 amide bonds. The standard InChI is InChI=1S/C6H6ClF2N/c7-5-3(8)1-2-4(9)6(5)10/h1-2,10H2. The van der Waals surface area contributed by atoms with Gasteiger partial charge in [0, 0.05) is 12.8 Å². The van der Waals surface area contributed by atoms with Crippen LogP contribution in [0.15, 0.2) is 22.4 Å². The number of nitrogens with two attached hydrogens (primary N) is 1. The van der Waals surface area contributed by atoms with Crippen LogP contribution >= 0.6 is 11.6 Å². The lowest BCUT2D eigenvalue weighted by molar-refractivity contribution is 0.513. The molecule has 0 aromatic rings. The van der Waals surface area contributed by atoms with E-state index in [0.717, 1.165) is 0 Å². The van der Waals surface area contributed by atoms with E-state index in [1.165, 1.54) is 0 Å². The minimum absolute atomic E-state index is 0.0192. The van der Waals surface area contributed by atoms with E-state index < -0.39 is 11.7 Å². The van der Waals surface area contributed by atoms with Crippen LogP contribution in [-0.4, -0.2) is 0 Å². The van der Waals surface area contributed by atoms with Gasteiger partial charge in [0.1, 0.15) is 11.7 Å². The third-order valence-corrected chi connectivity index (χ3v) is 1.74. The lowest BCUT2D eigenvalue weighted by atomic mass is 10.1. The normalized spacial score (nSPS) is 20.3. The van der Waals surface area contributed by atoms with Crippen molar-refractivity contribution in [2.24, 2.45) is 5.73 Å². The average Bonchev–Trinajstić information content (AvgIpc) is 1.93. The van der Waals surface area contributed by atoms with Crippen LogP contribution in [0.5, 0.6) is 0 Å². The van der Waals surface area contributed by atoms with Crippen molar-refractivity contribution in [3.63, 3.8) is 0 Å². The Balaban J connectivity index is 3.01. The molecule has 0 aliphatic heterocycles. The first-order valence-electron chi connectivity index (χ1n) is 2.81. The Bertz CT molecular complexity index is 196. The van der Waals surface area contributed by atoms with Gasteiger partial charge in [-0.3, -0.25) is 0 Å². The molecule has 1 rings (SSSR count). The first kappa shape index (κ1) is 7.54. The summed E-state index contributed by atoms with van der Waals surface area (Å²) in [6.45, 7) is 0. The van der Waals surface area contributed by atoms with E-state index in [1.54, 1.807) is 0 Å². The van der Waals surface area contributed by atoms with Gasteiger partial charge in [0.25, 0.3) is 0 Å². The van der Waals surface area contributed by atoms with Crippen LogP contribution in [0.1, 0.15) is 12.8 Å². The molecule has 0 unspecified atom stereocenters. The highest BCUT2D eigenvalue weighted by Gasteiger charge is 2.17. The maximum Gasteiger partial charge on any atom is 0.125 e. The summed E-state index contributed by atoms with van der Waals surface area (Å²) in [7, 11) is 0. The van der Waals surface area contributed by atoms with Gasteiger partial charge in [-0.25, -0.2) is 8.78 Å². The zero-order valence-corrected chi connectivity index (χ0v) is 5.88. The third kappa shape index (κ3) is 1.14. The zero-order valence-electron chi connectivity index (χ0n) is 5.13. The Kier molecular flexibility index (Phi) is 1.94. The first-order valence-corrected chi connectivity index (χ1v) is 3.19. The number of rotatable bonds is 0. The van der Waals surface area contributed by atoms with Crippen LogP contribution < -0.4 is 5.73 Å². The van der Waals surface area contributed by atoms with Crippen molar-refractivity contribution in [2.75, 3.05) is 0 Å². The van der Waals surface area contributed by atoms with E-state index >= 15 is 0 Å². The SMILES string of the molecule is NC1=C(F)CCC(F)=C1Cl. The molecule has 1 nitrogen and oxygen atoms in total. The maximum atomic E-state index is 12.5. The Labute approximate surface area is 62.2 Å². The molecule has 0 fully saturated rings. The second-order valence-electron chi connectivity index (χ2n) is 2.04. The fourth-order valence-electron chi connectivity index (χ4n) is 0.729. The van der Waals surface area contributed by atoms with E-state index in [2.05, 4.69) is 0 Å². The molecule has 2 N–H and O–H groups in total. The number of halogens is 3. The molecule has 56 valence electrons.